The summed E-state index contributed by atoms with van der Waals surface area (Å²) in [5, 5.41) is 4.27. The fourth-order valence-corrected chi connectivity index (χ4v) is 0.909. The quantitative estimate of drug-likeness (QED) is 0.649. The van der Waals surface area contributed by atoms with Crippen molar-refractivity contribution in [3.8, 4) is 0 Å². The number of carbonyl (C=O) groups excluding carboxylic acids is 3. The molecule has 0 aliphatic heterocycles. The van der Waals surface area contributed by atoms with Gasteiger partial charge >= 0.3 is 6.03 Å². The summed E-state index contributed by atoms with van der Waals surface area (Å²) in [5.41, 5.74) is 0. The largest absolute Gasteiger partial charge is 0.347 e. The van der Waals surface area contributed by atoms with Crippen molar-refractivity contribution < 1.29 is 14.4 Å². The van der Waals surface area contributed by atoms with Crippen LogP contribution >= 0.6 is 11.6 Å². The summed E-state index contributed by atoms with van der Waals surface area (Å²) in [4.78, 5) is 34.4. The maximum absolute atomic E-state index is 11.3. The molecule has 6 nitrogen and oxygen atoms in total. The summed E-state index contributed by atoms with van der Waals surface area (Å²) in [6.07, 6.45) is 0. The normalized spacial score (nSPS) is 11.5. The van der Waals surface area contributed by atoms with Crippen LogP contribution in [0.2, 0.25) is 0 Å². The molecule has 0 aromatic rings. The van der Waals surface area contributed by atoms with Gasteiger partial charge in [-0.25, -0.2) is 4.79 Å². The molecule has 0 fully saturated rings. The number of nitrogens with one attached hydrogen (secondary N) is 2. The van der Waals surface area contributed by atoms with Crippen LogP contribution in [-0.4, -0.2) is 48.8 Å². The maximum Gasteiger partial charge on any atom is 0.322 e. The Morgan fingerprint density at radius 3 is 2.27 bits per heavy atom. The second kappa shape index (κ2) is 6.23. The number of alkyl halides is 1. The predicted molar refractivity (Wildman–Crippen MR) is 55.6 cm³/mol. The minimum atomic E-state index is -0.733. The molecule has 4 amide bonds. The molecule has 1 unspecified atom stereocenters. The van der Waals surface area contributed by atoms with E-state index in [1.165, 1.54) is 11.8 Å². The van der Waals surface area contributed by atoms with E-state index >= 15 is 0 Å². The van der Waals surface area contributed by atoms with E-state index in [1.54, 1.807) is 14.1 Å². The van der Waals surface area contributed by atoms with Gasteiger partial charge in [-0.1, -0.05) is 0 Å². The molecule has 7 heteroatoms. The summed E-state index contributed by atoms with van der Waals surface area (Å²) < 4.78 is 0. The lowest BCUT2D eigenvalue weighted by atomic mass is 10.3. The minimum absolute atomic E-state index is 0.261. The van der Waals surface area contributed by atoms with Gasteiger partial charge < -0.3 is 10.2 Å². The Labute approximate surface area is 92.9 Å². The van der Waals surface area contributed by atoms with E-state index < -0.39 is 18.0 Å². The van der Waals surface area contributed by atoms with E-state index in [2.05, 4.69) is 5.32 Å². The van der Waals surface area contributed by atoms with Gasteiger partial charge in [0.25, 0.3) is 0 Å². The molecule has 0 aliphatic carbocycles. The molecule has 86 valence electrons. The number of hydrogen-bond donors (Lipinski definition) is 2. The van der Waals surface area contributed by atoms with E-state index in [0.717, 1.165) is 0 Å². The molecule has 0 spiro atoms. The molecule has 0 saturated carbocycles. The SMILES string of the molecule is CC(NC(=O)NC(=O)CCl)C(=O)N(C)C. The first-order valence-electron chi connectivity index (χ1n) is 4.26. The summed E-state index contributed by atoms with van der Waals surface area (Å²) >= 11 is 5.18. The molecule has 0 radical (unpaired) electrons. The van der Waals surface area contributed by atoms with Crippen molar-refractivity contribution in [3.63, 3.8) is 0 Å². The highest BCUT2D eigenvalue weighted by Crippen LogP contribution is 1.88. The molecule has 0 aliphatic rings. The summed E-state index contributed by atoms with van der Waals surface area (Å²) in [7, 11) is 3.14. The van der Waals surface area contributed by atoms with Crippen molar-refractivity contribution in [3.05, 3.63) is 0 Å². The maximum atomic E-state index is 11.3. The average Bonchev–Trinajstić information content (AvgIpc) is 2.15. The van der Waals surface area contributed by atoms with Crippen molar-refractivity contribution in [2.45, 2.75) is 13.0 Å². The Balaban J connectivity index is 4.07. The third kappa shape index (κ3) is 5.21. The second-order valence-corrected chi connectivity index (χ2v) is 3.38. The van der Waals surface area contributed by atoms with Crippen LogP contribution in [0.4, 0.5) is 4.79 Å². The smallest absolute Gasteiger partial charge is 0.322 e. The first-order valence-corrected chi connectivity index (χ1v) is 4.79. The Morgan fingerprint density at radius 1 is 1.33 bits per heavy atom. The third-order valence-electron chi connectivity index (χ3n) is 1.53. The highest BCUT2D eigenvalue weighted by molar-refractivity contribution is 6.28. The number of hydrogen-bond acceptors (Lipinski definition) is 3. The van der Waals surface area contributed by atoms with Crippen LogP contribution in [0.1, 0.15) is 6.92 Å². The molecule has 0 saturated heterocycles. The average molecular weight is 236 g/mol. The van der Waals surface area contributed by atoms with Gasteiger partial charge in [0.15, 0.2) is 0 Å². The molecule has 0 heterocycles. The Bertz CT molecular complexity index is 268. The van der Waals surface area contributed by atoms with Gasteiger partial charge in [-0.05, 0) is 6.92 Å². The Kier molecular flexibility index (Phi) is 5.69. The summed E-state index contributed by atoms with van der Waals surface area (Å²) in [5.74, 6) is -1.18. The van der Waals surface area contributed by atoms with Gasteiger partial charge in [0.1, 0.15) is 11.9 Å². The number of imide groups is 1. The number of rotatable bonds is 3. The van der Waals surface area contributed by atoms with Gasteiger partial charge in [-0.3, -0.25) is 14.9 Å². The first kappa shape index (κ1) is 13.7. The van der Waals surface area contributed by atoms with Gasteiger partial charge in [-0.15, -0.1) is 11.6 Å². The van der Waals surface area contributed by atoms with Gasteiger partial charge in [0.2, 0.25) is 11.8 Å². The van der Waals surface area contributed by atoms with Crippen LogP contribution in [0.15, 0.2) is 0 Å². The molecule has 1 atom stereocenters. The third-order valence-corrected chi connectivity index (χ3v) is 1.78. The molecular weight excluding hydrogens is 222 g/mol. The summed E-state index contributed by atoms with van der Waals surface area (Å²) in [6, 6.07) is -1.42. The zero-order valence-electron chi connectivity index (χ0n) is 8.83. The standard InChI is InChI=1S/C8H14ClN3O3/c1-5(7(14)12(2)3)10-8(15)11-6(13)4-9/h5H,4H2,1-3H3,(H2,10,11,13,15). The highest BCUT2D eigenvalue weighted by Gasteiger charge is 2.17. The molecule has 0 bridgehead atoms. The monoisotopic (exact) mass is 235 g/mol. The van der Waals surface area contributed by atoms with Crippen LogP contribution in [0.3, 0.4) is 0 Å². The van der Waals surface area contributed by atoms with E-state index in [0.29, 0.717) is 0 Å². The second-order valence-electron chi connectivity index (χ2n) is 3.11. The lowest BCUT2D eigenvalue weighted by molar-refractivity contribution is -0.130. The van der Waals surface area contributed by atoms with E-state index in [9.17, 15) is 14.4 Å². The van der Waals surface area contributed by atoms with Gasteiger partial charge in [-0.2, -0.15) is 0 Å². The number of halogens is 1. The molecule has 15 heavy (non-hydrogen) atoms. The zero-order valence-corrected chi connectivity index (χ0v) is 9.59. The summed E-state index contributed by atoms with van der Waals surface area (Å²) in [6.45, 7) is 1.52. The van der Waals surface area contributed by atoms with Crippen LogP contribution in [0.5, 0.6) is 0 Å². The zero-order chi connectivity index (χ0) is 12.0. The van der Waals surface area contributed by atoms with Gasteiger partial charge in [0.05, 0.1) is 0 Å². The number of carbonyl (C=O) groups is 3. The first-order chi connectivity index (χ1) is 6.88. The molecule has 0 aromatic carbocycles. The molecule has 0 aromatic heterocycles. The Morgan fingerprint density at radius 2 is 1.87 bits per heavy atom. The molecule has 2 N–H and O–H groups in total. The van der Waals surface area contributed by atoms with Crippen LogP contribution < -0.4 is 10.6 Å². The lowest BCUT2D eigenvalue weighted by Crippen LogP contribution is -2.49. The fourth-order valence-electron chi connectivity index (χ4n) is 0.842. The Hall–Kier alpha value is -1.30. The predicted octanol–water partition coefficient (Wildman–Crippen LogP) is -0.472. The number of likely N-dealkylation sites (N-methyl/N-ethyl adjacent to an activating group) is 1. The van der Waals surface area contributed by atoms with E-state index in [-0.39, 0.29) is 11.8 Å². The minimum Gasteiger partial charge on any atom is -0.347 e. The molecular formula is C8H14ClN3O3. The number of amides is 4. The fraction of sp³-hybridized carbons (Fsp3) is 0.625. The topological polar surface area (TPSA) is 78.5 Å². The van der Waals surface area contributed by atoms with Crippen LogP contribution in [-0.2, 0) is 9.59 Å². The number of urea groups is 1. The van der Waals surface area contributed by atoms with Crippen LogP contribution in [0.25, 0.3) is 0 Å². The highest BCUT2D eigenvalue weighted by atomic mass is 35.5. The van der Waals surface area contributed by atoms with Crippen molar-refractivity contribution in [1.82, 2.24) is 15.5 Å². The van der Waals surface area contributed by atoms with Crippen molar-refractivity contribution >= 4 is 29.4 Å². The number of nitrogens with zero attached hydrogens (tertiary/aromatic N) is 1. The van der Waals surface area contributed by atoms with Crippen molar-refractivity contribution in [2.24, 2.45) is 0 Å². The van der Waals surface area contributed by atoms with Crippen molar-refractivity contribution in [2.75, 3.05) is 20.0 Å². The van der Waals surface area contributed by atoms with E-state index in [1.807, 2.05) is 5.32 Å². The van der Waals surface area contributed by atoms with Crippen molar-refractivity contribution in [1.29, 1.82) is 0 Å². The molecule has 0 rings (SSSR count). The lowest BCUT2D eigenvalue weighted by Gasteiger charge is -2.17. The van der Waals surface area contributed by atoms with Gasteiger partial charge in [0, 0.05) is 14.1 Å². The van der Waals surface area contributed by atoms with E-state index in [4.69, 9.17) is 11.6 Å². The van der Waals surface area contributed by atoms with Crippen LogP contribution in [0, 0.1) is 0 Å².